The van der Waals surface area contributed by atoms with Crippen molar-refractivity contribution in [1.29, 1.82) is 0 Å². The number of carboxylic acids is 1. The summed E-state index contributed by atoms with van der Waals surface area (Å²) in [6.45, 7) is 0. The molecule has 1 aromatic heterocycles. The van der Waals surface area contributed by atoms with Crippen molar-refractivity contribution in [2.75, 3.05) is 5.73 Å². The molecule has 5 nitrogen and oxygen atoms in total. The Morgan fingerprint density at radius 1 is 1.14 bits per heavy atom. The van der Waals surface area contributed by atoms with Crippen LogP contribution in [0.5, 0.6) is 5.75 Å². The van der Waals surface area contributed by atoms with Gasteiger partial charge in [-0.15, -0.1) is 0 Å². The number of aliphatic carboxylic acids is 1. The van der Waals surface area contributed by atoms with Gasteiger partial charge < -0.3 is 20.6 Å². The van der Waals surface area contributed by atoms with Gasteiger partial charge in [0.15, 0.2) is 0 Å². The Morgan fingerprint density at radius 2 is 1.96 bits per heavy atom. The summed E-state index contributed by atoms with van der Waals surface area (Å²) in [6.07, 6.45) is 8.38. The molecule has 1 aliphatic carbocycles. The fraction of sp³-hybridized carbons (Fsp3) is 0.348. The molecular weight excluding hydrogens is 352 g/mol. The Kier molecular flexibility index (Phi) is 5.24. The number of nitrogens with one attached hydrogen (secondary N) is 1. The Balaban J connectivity index is 1.75. The number of rotatable bonds is 6. The van der Waals surface area contributed by atoms with E-state index < -0.39 is 5.97 Å². The number of fused-ring (bicyclic) bond motifs is 1. The van der Waals surface area contributed by atoms with Crippen LogP contribution < -0.4 is 10.5 Å². The SMILES string of the molecule is Nc1cc(CCC(=O)O)cc(-c2ccc3[nH]ccc3c2)c1OC1CCCCC1. The van der Waals surface area contributed by atoms with Gasteiger partial charge in [0.1, 0.15) is 5.75 Å². The molecule has 5 heteroatoms. The lowest BCUT2D eigenvalue weighted by Gasteiger charge is -2.26. The van der Waals surface area contributed by atoms with E-state index in [1.807, 2.05) is 24.4 Å². The topological polar surface area (TPSA) is 88.3 Å². The number of nitrogen functional groups attached to an aromatic ring is 1. The van der Waals surface area contributed by atoms with Crippen LogP contribution in [0.25, 0.3) is 22.0 Å². The lowest BCUT2D eigenvalue weighted by Crippen LogP contribution is -2.20. The van der Waals surface area contributed by atoms with Gasteiger partial charge in [-0.25, -0.2) is 0 Å². The average Bonchev–Trinajstić information content (AvgIpc) is 3.16. The number of anilines is 1. The number of benzene rings is 2. The summed E-state index contributed by atoms with van der Waals surface area (Å²) in [7, 11) is 0. The van der Waals surface area contributed by atoms with Crippen molar-refractivity contribution in [2.24, 2.45) is 0 Å². The predicted molar refractivity (Wildman–Crippen MR) is 112 cm³/mol. The molecule has 1 heterocycles. The number of aromatic amines is 1. The van der Waals surface area contributed by atoms with Crippen molar-refractivity contribution >= 4 is 22.6 Å². The van der Waals surface area contributed by atoms with Crippen molar-refractivity contribution in [1.82, 2.24) is 4.98 Å². The van der Waals surface area contributed by atoms with Crippen molar-refractivity contribution in [2.45, 2.75) is 51.0 Å². The van der Waals surface area contributed by atoms with Crippen LogP contribution in [-0.4, -0.2) is 22.2 Å². The van der Waals surface area contributed by atoms with Crippen molar-refractivity contribution < 1.29 is 14.6 Å². The van der Waals surface area contributed by atoms with Crippen LogP contribution in [-0.2, 0) is 11.2 Å². The highest BCUT2D eigenvalue weighted by atomic mass is 16.5. The maximum Gasteiger partial charge on any atom is 0.303 e. The highest BCUT2D eigenvalue weighted by Crippen LogP contribution is 2.39. The first-order chi connectivity index (χ1) is 13.6. The Labute approximate surface area is 164 Å². The number of nitrogens with two attached hydrogens (primary N) is 1. The molecule has 0 radical (unpaired) electrons. The van der Waals surface area contributed by atoms with Crippen LogP contribution in [0, 0.1) is 0 Å². The number of hydrogen-bond acceptors (Lipinski definition) is 3. The van der Waals surface area contributed by atoms with Gasteiger partial charge in [0, 0.05) is 23.7 Å². The number of aryl methyl sites for hydroxylation is 1. The number of carbonyl (C=O) groups is 1. The van der Waals surface area contributed by atoms with Crippen molar-refractivity contribution in [3.63, 3.8) is 0 Å². The molecule has 1 fully saturated rings. The maximum absolute atomic E-state index is 11.0. The van der Waals surface area contributed by atoms with E-state index in [0.717, 1.165) is 46.2 Å². The molecule has 28 heavy (non-hydrogen) atoms. The average molecular weight is 378 g/mol. The van der Waals surface area contributed by atoms with E-state index in [2.05, 4.69) is 23.2 Å². The Hall–Kier alpha value is -2.95. The van der Waals surface area contributed by atoms with Crippen LogP contribution in [0.15, 0.2) is 42.6 Å². The molecule has 1 aliphatic rings. The summed E-state index contributed by atoms with van der Waals surface area (Å²) in [6, 6.07) is 12.2. The lowest BCUT2D eigenvalue weighted by molar-refractivity contribution is -0.136. The third-order valence-corrected chi connectivity index (χ3v) is 5.51. The van der Waals surface area contributed by atoms with Crippen molar-refractivity contribution in [3.05, 3.63) is 48.2 Å². The monoisotopic (exact) mass is 378 g/mol. The molecule has 0 saturated heterocycles. The molecule has 146 valence electrons. The zero-order chi connectivity index (χ0) is 19.5. The van der Waals surface area contributed by atoms with Crippen LogP contribution in [0.3, 0.4) is 0 Å². The molecule has 3 aromatic rings. The fourth-order valence-corrected chi connectivity index (χ4v) is 4.03. The molecule has 2 aromatic carbocycles. The predicted octanol–water partition coefficient (Wildman–Crippen LogP) is 5.15. The highest BCUT2D eigenvalue weighted by Gasteiger charge is 2.20. The highest BCUT2D eigenvalue weighted by molar-refractivity contribution is 5.88. The maximum atomic E-state index is 11.0. The third kappa shape index (κ3) is 3.98. The van der Waals surface area contributed by atoms with Crippen LogP contribution in [0.2, 0.25) is 0 Å². The number of aromatic nitrogens is 1. The van der Waals surface area contributed by atoms with Gasteiger partial charge in [-0.05, 0) is 78.9 Å². The Bertz CT molecular complexity index is 987. The molecule has 0 unspecified atom stereocenters. The second kappa shape index (κ2) is 7.97. The van der Waals surface area contributed by atoms with Gasteiger partial charge >= 0.3 is 5.97 Å². The molecule has 0 amide bonds. The van der Waals surface area contributed by atoms with Crippen molar-refractivity contribution in [3.8, 4) is 16.9 Å². The van der Waals surface area contributed by atoms with Crippen LogP contribution in [0.4, 0.5) is 5.69 Å². The third-order valence-electron chi connectivity index (χ3n) is 5.51. The molecule has 0 spiro atoms. The van der Waals surface area contributed by atoms with E-state index in [0.29, 0.717) is 12.1 Å². The number of H-pyrrole nitrogens is 1. The van der Waals surface area contributed by atoms with E-state index in [-0.39, 0.29) is 12.5 Å². The first-order valence-electron chi connectivity index (χ1n) is 9.98. The van der Waals surface area contributed by atoms with E-state index >= 15 is 0 Å². The van der Waals surface area contributed by atoms with E-state index in [1.165, 1.54) is 19.3 Å². The number of carboxylic acid groups (broad SMARTS) is 1. The Morgan fingerprint density at radius 3 is 2.75 bits per heavy atom. The standard InChI is InChI=1S/C23H26N2O3/c24-20-13-15(6-9-22(26)27)12-19(23(20)28-18-4-2-1-3-5-18)16-7-8-21-17(14-16)10-11-25-21/h7-8,10-14,18,25H,1-6,9,24H2,(H,26,27). The van der Waals surface area contributed by atoms with Gasteiger partial charge in [0.05, 0.1) is 11.8 Å². The molecule has 4 rings (SSSR count). The molecule has 0 aliphatic heterocycles. The summed E-state index contributed by atoms with van der Waals surface area (Å²) in [5.74, 6) is -0.0859. The first-order valence-corrected chi connectivity index (χ1v) is 9.98. The van der Waals surface area contributed by atoms with E-state index in [1.54, 1.807) is 0 Å². The molecule has 0 atom stereocenters. The second-order valence-electron chi connectivity index (χ2n) is 7.61. The summed E-state index contributed by atoms with van der Waals surface area (Å²) < 4.78 is 6.40. The minimum atomic E-state index is -0.809. The summed E-state index contributed by atoms with van der Waals surface area (Å²) in [5, 5.41) is 10.2. The summed E-state index contributed by atoms with van der Waals surface area (Å²) >= 11 is 0. The zero-order valence-corrected chi connectivity index (χ0v) is 15.9. The zero-order valence-electron chi connectivity index (χ0n) is 15.9. The molecule has 4 N–H and O–H groups in total. The number of hydrogen-bond donors (Lipinski definition) is 3. The smallest absolute Gasteiger partial charge is 0.303 e. The normalized spacial score (nSPS) is 15.0. The van der Waals surface area contributed by atoms with E-state index in [9.17, 15) is 4.79 Å². The van der Waals surface area contributed by atoms with E-state index in [4.69, 9.17) is 15.6 Å². The minimum Gasteiger partial charge on any atom is -0.488 e. The minimum absolute atomic E-state index is 0.0819. The van der Waals surface area contributed by atoms with Gasteiger partial charge in [-0.1, -0.05) is 12.5 Å². The second-order valence-corrected chi connectivity index (χ2v) is 7.61. The summed E-state index contributed by atoms with van der Waals surface area (Å²) in [5.41, 5.74) is 10.9. The van der Waals surface area contributed by atoms with Gasteiger partial charge in [0.25, 0.3) is 0 Å². The van der Waals surface area contributed by atoms with Gasteiger partial charge in [-0.2, -0.15) is 0 Å². The van der Waals surface area contributed by atoms with Crippen LogP contribution in [0.1, 0.15) is 44.1 Å². The van der Waals surface area contributed by atoms with Crippen LogP contribution >= 0.6 is 0 Å². The van der Waals surface area contributed by atoms with Gasteiger partial charge in [-0.3, -0.25) is 4.79 Å². The largest absolute Gasteiger partial charge is 0.488 e. The molecule has 1 saturated carbocycles. The quantitative estimate of drug-likeness (QED) is 0.518. The fourth-order valence-electron chi connectivity index (χ4n) is 4.03. The summed E-state index contributed by atoms with van der Waals surface area (Å²) in [4.78, 5) is 14.2. The molecule has 0 bridgehead atoms. The first kappa shape index (κ1) is 18.4. The van der Waals surface area contributed by atoms with Gasteiger partial charge in [0.2, 0.25) is 0 Å². The molecular formula is C23H26N2O3. The lowest BCUT2D eigenvalue weighted by atomic mass is 9.96. The number of ether oxygens (including phenoxy) is 1.